The van der Waals surface area contributed by atoms with Gasteiger partial charge in [-0.15, -0.1) is 0 Å². The standard InChI is InChI=1S/C15H24N2/c1-2-3-9-14(12-16)17-11-6-8-13-7-4-5-10-15(13)17/h4-5,7,10,14H,2-3,6,8-9,11-12,16H2,1H3. The smallest absolute Gasteiger partial charge is 0.0412 e. The number of rotatable bonds is 5. The Hall–Kier alpha value is -1.02. The molecule has 0 saturated heterocycles. The number of benzene rings is 1. The molecule has 1 aromatic carbocycles. The quantitative estimate of drug-likeness (QED) is 0.845. The van der Waals surface area contributed by atoms with Crippen LogP contribution in [0.3, 0.4) is 0 Å². The third-order valence-electron chi connectivity index (χ3n) is 3.75. The van der Waals surface area contributed by atoms with Gasteiger partial charge in [-0.3, -0.25) is 0 Å². The summed E-state index contributed by atoms with van der Waals surface area (Å²) in [5.41, 5.74) is 8.88. The minimum Gasteiger partial charge on any atom is -0.367 e. The van der Waals surface area contributed by atoms with E-state index in [2.05, 4.69) is 36.1 Å². The van der Waals surface area contributed by atoms with Crippen LogP contribution in [-0.2, 0) is 6.42 Å². The highest BCUT2D eigenvalue weighted by atomic mass is 15.2. The van der Waals surface area contributed by atoms with E-state index in [-0.39, 0.29) is 0 Å². The fourth-order valence-electron chi connectivity index (χ4n) is 2.78. The van der Waals surface area contributed by atoms with Crippen LogP contribution in [0.2, 0.25) is 0 Å². The fraction of sp³-hybridized carbons (Fsp3) is 0.600. The first kappa shape index (κ1) is 12.4. The van der Waals surface area contributed by atoms with Gasteiger partial charge in [-0.25, -0.2) is 0 Å². The third-order valence-corrected chi connectivity index (χ3v) is 3.75. The molecule has 0 amide bonds. The third kappa shape index (κ3) is 2.81. The summed E-state index contributed by atoms with van der Waals surface area (Å²) in [6.07, 6.45) is 6.24. The number of aryl methyl sites for hydroxylation is 1. The topological polar surface area (TPSA) is 29.3 Å². The number of anilines is 1. The summed E-state index contributed by atoms with van der Waals surface area (Å²) in [6, 6.07) is 9.32. The Morgan fingerprint density at radius 1 is 1.35 bits per heavy atom. The Balaban J connectivity index is 2.15. The Morgan fingerprint density at radius 2 is 2.18 bits per heavy atom. The van der Waals surface area contributed by atoms with Crippen LogP contribution < -0.4 is 10.6 Å². The van der Waals surface area contributed by atoms with E-state index in [0.717, 1.165) is 6.54 Å². The van der Waals surface area contributed by atoms with Crippen molar-refractivity contribution in [1.29, 1.82) is 0 Å². The normalized spacial score (nSPS) is 16.7. The molecule has 2 N–H and O–H groups in total. The predicted molar refractivity (Wildman–Crippen MR) is 74.5 cm³/mol. The second kappa shape index (κ2) is 6.06. The van der Waals surface area contributed by atoms with E-state index in [9.17, 15) is 0 Å². The van der Waals surface area contributed by atoms with Crippen molar-refractivity contribution >= 4 is 5.69 Å². The summed E-state index contributed by atoms with van der Waals surface area (Å²) in [5.74, 6) is 0. The van der Waals surface area contributed by atoms with Gasteiger partial charge in [0.2, 0.25) is 0 Å². The van der Waals surface area contributed by atoms with E-state index >= 15 is 0 Å². The molecule has 1 unspecified atom stereocenters. The van der Waals surface area contributed by atoms with Crippen molar-refractivity contribution in [3.63, 3.8) is 0 Å². The molecule has 0 spiro atoms. The minimum atomic E-state index is 0.524. The van der Waals surface area contributed by atoms with E-state index in [4.69, 9.17) is 5.73 Å². The molecule has 0 aliphatic carbocycles. The lowest BCUT2D eigenvalue weighted by atomic mass is 9.98. The molecular formula is C15H24N2. The summed E-state index contributed by atoms with van der Waals surface area (Å²) >= 11 is 0. The van der Waals surface area contributed by atoms with Crippen LogP contribution in [-0.4, -0.2) is 19.1 Å². The number of hydrogen-bond acceptors (Lipinski definition) is 2. The molecule has 2 rings (SSSR count). The molecular weight excluding hydrogens is 208 g/mol. The summed E-state index contributed by atoms with van der Waals surface area (Å²) < 4.78 is 0. The highest BCUT2D eigenvalue weighted by Gasteiger charge is 2.22. The van der Waals surface area contributed by atoms with Gasteiger partial charge in [-0.2, -0.15) is 0 Å². The van der Waals surface area contributed by atoms with Crippen LogP contribution >= 0.6 is 0 Å². The second-order valence-corrected chi connectivity index (χ2v) is 4.96. The molecule has 17 heavy (non-hydrogen) atoms. The van der Waals surface area contributed by atoms with E-state index < -0.39 is 0 Å². The van der Waals surface area contributed by atoms with Gasteiger partial charge in [0.1, 0.15) is 0 Å². The summed E-state index contributed by atoms with van der Waals surface area (Å²) in [5, 5.41) is 0. The second-order valence-electron chi connectivity index (χ2n) is 4.96. The largest absolute Gasteiger partial charge is 0.367 e. The van der Waals surface area contributed by atoms with Gasteiger partial charge >= 0.3 is 0 Å². The van der Waals surface area contributed by atoms with Gasteiger partial charge in [0.05, 0.1) is 0 Å². The monoisotopic (exact) mass is 232 g/mol. The van der Waals surface area contributed by atoms with Crippen LogP contribution in [0.4, 0.5) is 5.69 Å². The molecule has 0 saturated carbocycles. The average molecular weight is 232 g/mol. The number of nitrogens with zero attached hydrogens (tertiary/aromatic N) is 1. The molecule has 94 valence electrons. The first-order chi connectivity index (χ1) is 8.36. The van der Waals surface area contributed by atoms with E-state index in [1.54, 1.807) is 0 Å². The zero-order valence-electron chi connectivity index (χ0n) is 10.9. The van der Waals surface area contributed by atoms with Crippen LogP contribution in [0, 0.1) is 0 Å². The van der Waals surface area contributed by atoms with Gasteiger partial charge in [-0.1, -0.05) is 38.0 Å². The van der Waals surface area contributed by atoms with Gasteiger partial charge < -0.3 is 10.6 Å². The molecule has 0 bridgehead atoms. The molecule has 1 aromatic rings. The zero-order chi connectivity index (χ0) is 12.1. The molecule has 1 aliphatic rings. The minimum absolute atomic E-state index is 0.524. The summed E-state index contributed by atoms with van der Waals surface area (Å²) in [4.78, 5) is 2.54. The van der Waals surface area contributed by atoms with Crippen molar-refractivity contribution in [2.24, 2.45) is 5.73 Å². The van der Waals surface area contributed by atoms with Crippen molar-refractivity contribution in [2.45, 2.75) is 45.1 Å². The lowest BCUT2D eigenvalue weighted by molar-refractivity contribution is 0.514. The maximum absolute atomic E-state index is 5.96. The predicted octanol–water partition coefficient (Wildman–Crippen LogP) is 2.96. The van der Waals surface area contributed by atoms with Gasteiger partial charge in [0.25, 0.3) is 0 Å². The lowest BCUT2D eigenvalue weighted by Gasteiger charge is -2.37. The van der Waals surface area contributed by atoms with E-state index in [0.29, 0.717) is 6.04 Å². The lowest BCUT2D eigenvalue weighted by Crippen LogP contribution is -2.43. The fourth-order valence-corrected chi connectivity index (χ4v) is 2.78. The Bertz CT molecular complexity index is 349. The van der Waals surface area contributed by atoms with Crippen molar-refractivity contribution < 1.29 is 0 Å². The average Bonchev–Trinajstić information content (AvgIpc) is 2.40. The van der Waals surface area contributed by atoms with Crippen LogP contribution in [0.25, 0.3) is 0 Å². The zero-order valence-corrected chi connectivity index (χ0v) is 10.9. The van der Waals surface area contributed by atoms with E-state index in [1.807, 2.05) is 0 Å². The van der Waals surface area contributed by atoms with E-state index in [1.165, 1.54) is 49.9 Å². The van der Waals surface area contributed by atoms with Crippen LogP contribution in [0.5, 0.6) is 0 Å². The maximum atomic E-state index is 5.96. The number of fused-ring (bicyclic) bond motifs is 1. The molecule has 0 radical (unpaired) electrons. The Labute approximate surface area is 105 Å². The molecule has 0 aromatic heterocycles. The highest BCUT2D eigenvalue weighted by Crippen LogP contribution is 2.29. The number of hydrogen-bond donors (Lipinski definition) is 1. The Kier molecular flexibility index (Phi) is 4.43. The number of para-hydroxylation sites is 1. The number of nitrogens with two attached hydrogens (primary N) is 1. The molecule has 2 heteroatoms. The maximum Gasteiger partial charge on any atom is 0.0412 e. The SMILES string of the molecule is CCCCC(CN)N1CCCc2ccccc21. The molecule has 0 fully saturated rings. The highest BCUT2D eigenvalue weighted by molar-refractivity contribution is 5.56. The van der Waals surface area contributed by atoms with Gasteiger partial charge in [-0.05, 0) is 30.9 Å². The molecule has 1 aliphatic heterocycles. The molecule has 1 heterocycles. The van der Waals surface area contributed by atoms with Crippen LogP contribution in [0.15, 0.2) is 24.3 Å². The summed E-state index contributed by atoms with van der Waals surface area (Å²) in [7, 11) is 0. The van der Waals surface area contributed by atoms with Gasteiger partial charge in [0.15, 0.2) is 0 Å². The Morgan fingerprint density at radius 3 is 2.94 bits per heavy atom. The van der Waals surface area contributed by atoms with Crippen molar-refractivity contribution in [3.8, 4) is 0 Å². The van der Waals surface area contributed by atoms with Crippen LogP contribution in [0.1, 0.15) is 38.2 Å². The molecule has 1 atom stereocenters. The van der Waals surface area contributed by atoms with Crippen molar-refractivity contribution in [2.75, 3.05) is 18.0 Å². The first-order valence-corrected chi connectivity index (χ1v) is 6.91. The van der Waals surface area contributed by atoms with Gasteiger partial charge in [0, 0.05) is 24.8 Å². The molecule has 2 nitrogen and oxygen atoms in total. The van der Waals surface area contributed by atoms with Crippen molar-refractivity contribution in [3.05, 3.63) is 29.8 Å². The first-order valence-electron chi connectivity index (χ1n) is 6.91. The summed E-state index contributed by atoms with van der Waals surface area (Å²) in [6.45, 7) is 4.19. The van der Waals surface area contributed by atoms with Crippen molar-refractivity contribution in [1.82, 2.24) is 0 Å². The number of unbranched alkanes of at least 4 members (excludes halogenated alkanes) is 1.